The van der Waals surface area contributed by atoms with E-state index in [1.165, 1.54) is 5.56 Å². The lowest BCUT2D eigenvalue weighted by atomic mass is 10.00. The van der Waals surface area contributed by atoms with Crippen LogP contribution in [0.4, 0.5) is 0 Å². The van der Waals surface area contributed by atoms with Crippen molar-refractivity contribution in [1.82, 2.24) is 35.0 Å². The van der Waals surface area contributed by atoms with E-state index in [0.29, 0.717) is 24.5 Å². The van der Waals surface area contributed by atoms with E-state index >= 15 is 0 Å². The van der Waals surface area contributed by atoms with Crippen LogP contribution in [0.15, 0.2) is 53.3 Å². The van der Waals surface area contributed by atoms with Crippen LogP contribution < -0.4 is 5.56 Å². The summed E-state index contributed by atoms with van der Waals surface area (Å²) >= 11 is 0. The van der Waals surface area contributed by atoms with Crippen LogP contribution in [0.3, 0.4) is 0 Å². The number of nitrogens with one attached hydrogen (secondary N) is 1. The molecule has 188 valence electrons. The molecule has 9 nitrogen and oxygen atoms in total. The van der Waals surface area contributed by atoms with Gasteiger partial charge in [0.15, 0.2) is 5.82 Å². The Balaban J connectivity index is 1.49. The number of aryl methyl sites for hydroxylation is 2. The number of fused-ring (bicyclic) bond motifs is 1. The standard InChI is InChI=1S/C27H33N7O2/c1-19-15-20(2)24-22(16-19)17-23(27(35)28-24)25(26-29-30-31-34(26)13-14-36-3)33-11-9-32(10-12-33)18-21-7-5-4-6-8-21/h4-8,15-17,25H,9-14,18H2,1-3H3,(H,28,35). The fourth-order valence-corrected chi connectivity index (χ4v) is 5.17. The number of pyridine rings is 1. The van der Waals surface area contributed by atoms with Crippen molar-refractivity contribution in [2.45, 2.75) is 33.0 Å². The predicted octanol–water partition coefficient (Wildman–Crippen LogP) is 2.69. The minimum Gasteiger partial charge on any atom is -0.383 e. The van der Waals surface area contributed by atoms with E-state index in [-0.39, 0.29) is 11.6 Å². The summed E-state index contributed by atoms with van der Waals surface area (Å²) in [6.07, 6.45) is 0. The summed E-state index contributed by atoms with van der Waals surface area (Å²) in [7, 11) is 1.66. The molecule has 3 heterocycles. The summed E-state index contributed by atoms with van der Waals surface area (Å²) in [4.78, 5) is 21.4. The molecular weight excluding hydrogens is 454 g/mol. The molecule has 2 aromatic heterocycles. The first-order chi connectivity index (χ1) is 17.5. The molecule has 1 fully saturated rings. The van der Waals surface area contributed by atoms with Crippen LogP contribution >= 0.6 is 0 Å². The highest BCUT2D eigenvalue weighted by Crippen LogP contribution is 2.29. The van der Waals surface area contributed by atoms with E-state index in [0.717, 1.165) is 54.8 Å². The zero-order chi connectivity index (χ0) is 25.1. The molecule has 5 rings (SSSR count). The number of rotatable bonds is 8. The Bertz CT molecular complexity index is 1370. The number of methoxy groups -OCH3 is 1. The molecule has 1 saturated heterocycles. The largest absolute Gasteiger partial charge is 0.383 e. The van der Waals surface area contributed by atoms with Crippen LogP contribution in [-0.2, 0) is 17.8 Å². The van der Waals surface area contributed by atoms with Gasteiger partial charge < -0.3 is 9.72 Å². The lowest BCUT2D eigenvalue weighted by Crippen LogP contribution is -2.48. The van der Waals surface area contributed by atoms with Crippen molar-refractivity contribution in [2.24, 2.45) is 0 Å². The lowest BCUT2D eigenvalue weighted by molar-refractivity contribution is 0.0984. The first kappa shape index (κ1) is 24.3. The molecule has 1 N–H and O–H groups in total. The first-order valence-electron chi connectivity index (χ1n) is 12.4. The van der Waals surface area contributed by atoms with Gasteiger partial charge in [-0.15, -0.1) is 5.10 Å². The SMILES string of the molecule is COCCn1nnnc1C(c1cc2cc(C)cc(C)c2[nH]c1=O)N1CCN(Cc2ccccc2)CC1. The molecule has 0 radical (unpaired) electrons. The van der Waals surface area contributed by atoms with Crippen LogP contribution in [0.25, 0.3) is 10.9 Å². The summed E-state index contributed by atoms with van der Waals surface area (Å²) < 4.78 is 7.03. The topological polar surface area (TPSA) is 92.2 Å². The van der Waals surface area contributed by atoms with Gasteiger partial charge in [0.2, 0.25) is 0 Å². The van der Waals surface area contributed by atoms with Gasteiger partial charge in [0.1, 0.15) is 6.04 Å². The van der Waals surface area contributed by atoms with E-state index in [4.69, 9.17) is 4.74 Å². The summed E-state index contributed by atoms with van der Waals surface area (Å²) in [6.45, 7) is 9.43. The molecule has 1 aliphatic rings. The maximum absolute atomic E-state index is 13.5. The fourth-order valence-electron chi connectivity index (χ4n) is 5.17. The van der Waals surface area contributed by atoms with E-state index in [1.807, 2.05) is 19.1 Å². The average Bonchev–Trinajstić information content (AvgIpc) is 3.33. The van der Waals surface area contributed by atoms with Gasteiger partial charge >= 0.3 is 0 Å². The van der Waals surface area contributed by atoms with Gasteiger partial charge in [0, 0.05) is 45.4 Å². The Morgan fingerprint density at radius 2 is 1.83 bits per heavy atom. The van der Waals surface area contributed by atoms with Crippen LogP contribution in [0.5, 0.6) is 0 Å². The van der Waals surface area contributed by atoms with Gasteiger partial charge in [0.05, 0.1) is 18.7 Å². The van der Waals surface area contributed by atoms with Gasteiger partial charge in [-0.25, -0.2) is 4.68 Å². The second-order valence-electron chi connectivity index (χ2n) is 9.55. The van der Waals surface area contributed by atoms with Gasteiger partial charge in [-0.3, -0.25) is 14.6 Å². The highest BCUT2D eigenvalue weighted by atomic mass is 16.5. The van der Waals surface area contributed by atoms with E-state index < -0.39 is 0 Å². The van der Waals surface area contributed by atoms with Crippen LogP contribution in [0, 0.1) is 13.8 Å². The number of hydrogen-bond donors (Lipinski definition) is 1. The zero-order valence-electron chi connectivity index (χ0n) is 21.1. The number of hydrogen-bond acceptors (Lipinski definition) is 7. The van der Waals surface area contributed by atoms with Crippen molar-refractivity contribution in [3.8, 4) is 0 Å². The lowest BCUT2D eigenvalue weighted by Gasteiger charge is -2.38. The number of tetrazole rings is 1. The third kappa shape index (κ3) is 5.09. The van der Waals surface area contributed by atoms with Gasteiger partial charge in [-0.05, 0) is 52.9 Å². The second kappa shape index (κ2) is 10.7. The van der Waals surface area contributed by atoms with Crippen molar-refractivity contribution in [2.75, 3.05) is 39.9 Å². The summed E-state index contributed by atoms with van der Waals surface area (Å²) in [6, 6.07) is 16.4. The Hall–Kier alpha value is -3.40. The van der Waals surface area contributed by atoms with Crippen LogP contribution in [-0.4, -0.2) is 74.9 Å². The third-order valence-electron chi connectivity index (χ3n) is 6.95. The number of aromatic amines is 1. The molecule has 0 bridgehead atoms. The number of nitrogens with zero attached hydrogens (tertiary/aromatic N) is 6. The molecule has 1 aliphatic heterocycles. The minimum absolute atomic E-state index is 0.104. The highest BCUT2D eigenvalue weighted by Gasteiger charge is 2.32. The Kier molecular flexibility index (Phi) is 7.22. The van der Waals surface area contributed by atoms with E-state index in [9.17, 15) is 4.79 Å². The molecule has 9 heteroatoms. The monoisotopic (exact) mass is 487 g/mol. The van der Waals surface area contributed by atoms with Crippen molar-refractivity contribution in [1.29, 1.82) is 0 Å². The number of benzene rings is 2. The summed E-state index contributed by atoms with van der Waals surface area (Å²) in [5, 5.41) is 13.6. The average molecular weight is 488 g/mol. The fraction of sp³-hybridized carbons (Fsp3) is 0.407. The third-order valence-corrected chi connectivity index (χ3v) is 6.95. The van der Waals surface area contributed by atoms with E-state index in [2.05, 4.69) is 73.6 Å². The van der Waals surface area contributed by atoms with Crippen molar-refractivity contribution in [3.05, 3.63) is 87.0 Å². The smallest absolute Gasteiger partial charge is 0.253 e. The number of ether oxygens (including phenoxy) is 1. The summed E-state index contributed by atoms with van der Waals surface area (Å²) in [5.41, 5.74) is 4.96. The molecule has 36 heavy (non-hydrogen) atoms. The molecule has 2 aromatic carbocycles. The van der Waals surface area contributed by atoms with Gasteiger partial charge in [-0.2, -0.15) is 0 Å². The van der Waals surface area contributed by atoms with Crippen molar-refractivity contribution >= 4 is 10.9 Å². The van der Waals surface area contributed by atoms with Crippen LogP contribution in [0.2, 0.25) is 0 Å². The van der Waals surface area contributed by atoms with E-state index in [1.54, 1.807) is 11.8 Å². The van der Waals surface area contributed by atoms with Crippen molar-refractivity contribution in [3.63, 3.8) is 0 Å². The van der Waals surface area contributed by atoms with Crippen molar-refractivity contribution < 1.29 is 4.74 Å². The Morgan fingerprint density at radius 3 is 2.58 bits per heavy atom. The highest BCUT2D eigenvalue weighted by molar-refractivity contribution is 5.83. The maximum atomic E-state index is 13.5. The summed E-state index contributed by atoms with van der Waals surface area (Å²) in [5.74, 6) is 0.665. The Labute approximate surface area is 210 Å². The molecule has 0 amide bonds. The molecule has 0 spiro atoms. The minimum atomic E-state index is -0.357. The van der Waals surface area contributed by atoms with Gasteiger partial charge in [-0.1, -0.05) is 42.0 Å². The molecule has 0 aliphatic carbocycles. The number of piperazine rings is 1. The molecule has 0 saturated carbocycles. The molecule has 1 atom stereocenters. The Morgan fingerprint density at radius 1 is 1.06 bits per heavy atom. The predicted molar refractivity (Wildman–Crippen MR) is 139 cm³/mol. The first-order valence-corrected chi connectivity index (χ1v) is 12.4. The zero-order valence-corrected chi connectivity index (χ0v) is 21.1. The quantitative estimate of drug-likeness (QED) is 0.409. The normalized spacial score (nSPS) is 16.0. The second-order valence-corrected chi connectivity index (χ2v) is 9.55. The molecular formula is C27H33N7O2. The number of H-pyrrole nitrogens is 1. The van der Waals surface area contributed by atoms with Crippen LogP contribution in [0.1, 0.15) is 34.1 Å². The molecule has 4 aromatic rings. The maximum Gasteiger partial charge on any atom is 0.253 e. The molecule has 1 unspecified atom stereocenters. The number of aromatic nitrogens is 5. The van der Waals surface area contributed by atoms with Gasteiger partial charge in [0.25, 0.3) is 5.56 Å².